The van der Waals surface area contributed by atoms with Crippen LogP contribution in [0.2, 0.25) is 0 Å². The lowest BCUT2D eigenvalue weighted by Gasteiger charge is -2.15. The third kappa shape index (κ3) is 6.19. The monoisotopic (exact) mass is 447 g/mol. The third-order valence-electron chi connectivity index (χ3n) is 4.19. The molecule has 1 heterocycles. The largest absolute Gasteiger partial charge is 0.481 e. The number of carbonyl (C=O) groups is 4. The molecule has 1 aromatic heterocycles. The summed E-state index contributed by atoms with van der Waals surface area (Å²) < 4.78 is 0. The van der Waals surface area contributed by atoms with Crippen molar-refractivity contribution in [1.82, 2.24) is 15.3 Å². The van der Waals surface area contributed by atoms with Crippen molar-refractivity contribution in [2.75, 3.05) is 22.1 Å². The van der Waals surface area contributed by atoms with E-state index in [1.165, 1.54) is 18.2 Å². The molecule has 0 aliphatic rings. The van der Waals surface area contributed by atoms with Crippen molar-refractivity contribution in [1.29, 1.82) is 0 Å². The number of urea groups is 1. The van der Waals surface area contributed by atoms with Gasteiger partial charge in [-0.3, -0.25) is 24.7 Å². The molecule has 0 saturated carbocycles. The fraction of sp³-hybridized carbons (Fsp3) is 0.222. The smallest absolute Gasteiger partial charge is 0.326 e. The Kier molecular flexibility index (Phi) is 7.34. The van der Waals surface area contributed by atoms with E-state index in [2.05, 4.69) is 25.9 Å². The fourth-order valence-electron chi connectivity index (χ4n) is 2.61. The molecule has 3 amide bonds. The molecule has 1 atom stereocenters. The predicted octanol–water partition coefficient (Wildman–Crippen LogP) is -0.0655. The van der Waals surface area contributed by atoms with Crippen LogP contribution in [0.1, 0.15) is 28.8 Å². The normalized spacial score (nSPS) is 11.3. The van der Waals surface area contributed by atoms with Gasteiger partial charge < -0.3 is 32.3 Å². The van der Waals surface area contributed by atoms with Crippen molar-refractivity contribution in [2.45, 2.75) is 25.8 Å². The zero-order valence-electron chi connectivity index (χ0n) is 16.8. The topological polar surface area (TPSA) is 243 Å². The van der Waals surface area contributed by atoms with Gasteiger partial charge in [0.05, 0.1) is 0 Å². The Balaban J connectivity index is 2.08. The van der Waals surface area contributed by atoms with Crippen LogP contribution in [0.15, 0.2) is 23.0 Å². The maximum Gasteiger partial charge on any atom is 0.326 e. The summed E-state index contributed by atoms with van der Waals surface area (Å²) >= 11 is 0. The molecule has 2 rings (SSSR count). The van der Waals surface area contributed by atoms with Gasteiger partial charge in [0.15, 0.2) is 11.5 Å². The van der Waals surface area contributed by atoms with Crippen LogP contribution in [-0.2, 0) is 9.59 Å². The molecular formula is C18H21N7O7. The van der Waals surface area contributed by atoms with Crippen LogP contribution in [0.3, 0.4) is 0 Å². The van der Waals surface area contributed by atoms with E-state index in [1.807, 2.05) is 0 Å². The van der Waals surface area contributed by atoms with Crippen LogP contribution in [0.5, 0.6) is 0 Å². The van der Waals surface area contributed by atoms with Crippen LogP contribution in [0.4, 0.5) is 27.9 Å². The Morgan fingerprint density at radius 3 is 2.41 bits per heavy atom. The van der Waals surface area contributed by atoms with Gasteiger partial charge in [-0.25, -0.2) is 9.59 Å². The number of nitrogens with two attached hydrogens (primary N) is 2. The Labute approximate surface area is 180 Å². The predicted molar refractivity (Wildman–Crippen MR) is 113 cm³/mol. The SMILES string of the molecule is Cc1cc(C(=O)N[C@@H](CCC(=O)O)C(=O)O)ccc1NC(=O)Nc1c(N)nc(N)[nH]c1=O. The number of carbonyl (C=O) groups excluding carboxylic acids is 2. The number of carboxylic acids is 2. The molecule has 32 heavy (non-hydrogen) atoms. The van der Waals surface area contributed by atoms with Crippen molar-refractivity contribution >= 4 is 47.0 Å². The highest BCUT2D eigenvalue weighted by atomic mass is 16.4. The molecule has 1 aromatic carbocycles. The summed E-state index contributed by atoms with van der Waals surface area (Å²) in [5.41, 5.74) is 10.7. The lowest BCUT2D eigenvalue weighted by atomic mass is 10.1. The van der Waals surface area contributed by atoms with Crippen molar-refractivity contribution in [3.05, 3.63) is 39.7 Å². The van der Waals surface area contributed by atoms with Crippen molar-refractivity contribution < 1.29 is 29.4 Å². The summed E-state index contributed by atoms with van der Waals surface area (Å²) in [6.07, 6.45) is -0.706. The highest BCUT2D eigenvalue weighted by Crippen LogP contribution is 2.18. The Bertz CT molecular complexity index is 1130. The fourth-order valence-corrected chi connectivity index (χ4v) is 2.61. The number of aromatic amines is 1. The lowest BCUT2D eigenvalue weighted by Crippen LogP contribution is -2.41. The van der Waals surface area contributed by atoms with Crippen LogP contribution >= 0.6 is 0 Å². The first-order valence-electron chi connectivity index (χ1n) is 9.07. The van der Waals surface area contributed by atoms with Crippen molar-refractivity contribution in [3.63, 3.8) is 0 Å². The van der Waals surface area contributed by atoms with E-state index in [0.717, 1.165) is 0 Å². The molecule has 0 saturated heterocycles. The quantitative estimate of drug-likeness (QED) is 0.268. The summed E-state index contributed by atoms with van der Waals surface area (Å²) in [5, 5.41) is 24.8. The van der Waals surface area contributed by atoms with Gasteiger partial charge in [-0.1, -0.05) is 0 Å². The molecule has 0 radical (unpaired) electrons. The van der Waals surface area contributed by atoms with E-state index in [0.29, 0.717) is 5.56 Å². The van der Waals surface area contributed by atoms with Crippen molar-refractivity contribution in [3.8, 4) is 0 Å². The number of benzene rings is 1. The minimum Gasteiger partial charge on any atom is -0.481 e. The number of nitrogen functional groups attached to an aromatic ring is 2. The molecule has 170 valence electrons. The molecule has 0 unspecified atom stereocenters. The molecule has 0 aliphatic heterocycles. The number of H-pyrrole nitrogens is 1. The average Bonchev–Trinajstić information content (AvgIpc) is 2.68. The number of aryl methyl sites for hydroxylation is 1. The van der Waals surface area contributed by atoms with Gasteiger partial charge >= 0.3 is 18.0 Å². The number of rotatable bonds is 8. The number of carboxylic acid groups (broad SMARTS) is 2. The Morgan fingerprint density at radius 2 is 1.84 bits per heavy atom. The summed E-state index contributed by atoms with van der Waals surface area (Å²) in [4.78, 5) is 64.1. The minimum absolute atomic E-state index is 0.0958. The van der Waals surface area contributed by atoms with E-state index in [4.69, 9.17) is 21.7 Å². The second-order valence-corrected chi connectivity index (χ2v) is 6.62. The van der Waals surface area contributed by atoms with Gasteiger partial charge in [0.25, 0.3) is 11.5 Å². The van der Waals surface area contributed by atoms with Gasteiger partial charge in [-0.15, -0.1) is 0 Å². The van der Waals surface area contributed by atoms with Gasteiger partial charge in [0.2, 0.25) is 5.95 Å². The molecule has 10 N–H and O–H groups in total. The first kappa shape index (κ1) is 23.7. The zero-order valence-corrected chi connectivity index (χ0v) is 16.8. The number of anilines is 4. The highest BCUT2D eigenvalue weighted by molar-refractivity contribution is 6.02. The minimum atomic E-state index is -1.38. The molecule has 2 aromatic rings. The Hall–Kier alpha value is -4.62. The lowest BCUT2D eigenvalue weighted by molar-refractivity contribution is -0.140. The number of nitrogens with one attached hydrogen (secondary N) is 4. The van der Waals surface area contributed by atoms with Gasteiger partial charge in [-0.2, -0.15) is 4.98 Å². The van der Waals surface area contributed by atoms with Crippen LogP contribution < -0.4 is 33.0 Å². The number of hydrogen-bond acceptors (Lipinski definition) is 8. The number of hydrogen-bond donors (Lipinski definition) is 8. The van der Waals surface area contributed by atoms with E-state index in [9.17, 15) is 24.0 Å². The van der Waals surface area contributed by atoms with Gasteiger partial charge in [-0.05, 0) is 37.1 Å². The highest BCUT2D eigenvalue weighted by Gasteiger charge is 2.22. The van der Waals surface area contributed by atoms with E-state index < -0.39 is 41.9 Å². The number of aliphatic carboxylic acids is 2. The molecule has 14 heteroatoms. The van der Waals surface area contributed by atoms with E-state index in [-0.39, 0.29) is 35.1 Å². The molecule has 0 aliphatic carbocycles. The summed E-state index contributed by atoms with van der Waals surface area (Å²) in [5.74, 6) is -3.77. The molecule has 14 nitrogen and oxygen atoms in total. The van der Waals surface area contributed by atoms with Crippen LogP contribution in [0, 0.1) is 6.92 Å². The number of nitrogens with zero attached hydrogens (tertiary/aromatic N) is 1. The number of aromatic nitrogens is 2. The van der Waals surface area contributed by atoms with Crippen LogP contribution in [-0.4, -0.2) is 50.1 Å². The second-order valence-electron chi connectivity index (χ2n) is 6.62. The van der Waals surface area contributed by atoms with Gasteiger partial charge in [0, 0.05) is 17.7 Å². The van der Waals surface area contributed by atoms with Crippen molar-refractivity contribution in [2.24, 2.45) is 0 Å². The second kappa shape index (κ2) is 9.92. The zero-order chi connectivity index (χ0) is 24.0. The number of amides is 3. The first-order valence-corrected chi connectivity index (χ1v) is 9.07. The first-order chi connectivity index (χ1) is 15.0. The van der Waals surface area contributed by atoms with E-state index in [1.54, 1.807) is 6.92 Å². The van der Waals surface area contributed by atoms with E-state index >= 15 is 0 Å². The Morgan fingerprint density at radius 1 is 1.16 bits per heavy atom. The summed E-state index contributed by atoms with van der Waals surface area (Å²) in [6.45, 7) is 1.58. The third-order valence-corrected chi connectivity index (χ3v) is 4.19. The van der Waals surface area contributed by atoms with Gasteiger partial charge in [0.1, 0.15) is 6.04 Å². The van der Waals surface area contributed by atoms with Crippen LogP contribution in [0.25, 0.3) is 0 Å². The maximum absolute atomic E-state index is 12.3. The summed E-state index contributed by atoms with van der Waals surface area (Å²) in [6, 6.07) is 1.94. The molecule has 0 spiro atoms. The molecule has 0 fully saturated rings. The molecular weight excluding hydrogens is 426 g/mol. The molecule has 0 bridgehead atoms. The standard InChI is InChI=1S/C18H21N7O7/c1-7-6-8(14(28)21-10(16(30)31)4-5-11(26)27)2-3-9(7)22-18(32)23-12-13(19)24-17(20)25-15(12)29/h2-3,6,10H,4-5H2,1H3,(H,21,28)(H,26,27)(H,30,31)(H2,22,23,32)(H5,19,20,24,25,29)/t10-/m0/s1. The maximum atomic E-state index is 12.3. The summed E-state index contributed by atoms with van der Waals surface area (Å²) in [7, 11) is 0. The average molecular weight is 447 g/mol.